The molecule has 1 N–H and O–H groups in total. The molecule has 2 heterocycles. The SMILES string of the molecule is CCCCc1nn2c(=O)cc(COC(=O)c3ccccc3NC(=O)COc3ccccc3)nc2s1. The number of hydrogen-bond donors (Lipinski definition) is 1. The first-order valence-electron chi connectivity index (χ1n) is 11.2. The van der Waals surface area contributed by atoms with Gasteiger partial charge in [-0.1, -0.05) is 55.0 Å². The Morgan fingerprint density at radius 3 is 2.66 bits per heavy atom. The summed E-state index contributed by atoms with van der Waals surface area (Å²) in [4.78, 5) is 42.4. The summed E-state index contributed by atoms with van der Waals surface area (Å²) in [6.07, 6.45) is 2.79. The number of hydrogen-bond acceptors (Lipinski definition) is 8. The lowest BCUT2D eigenvalue weighted by molar-refractivity contribution is -0.118. The Bertz CT molecular complexity index is 1380. The number of esters is 1. The molecule has 0 aliphatic heterocycles. The van der Waals surface area contributed by atoms with E-state index < -0.39 is 11.9 Å². The molecule has 0 saturated heterocycles. The Kier molecular flexibility index (Phi) is 7.84. The summed E-state index contributed by atoms with van der Waals surface area (Å²) in [6.45, 7) is 1.69. The van der Waals surface area contributed by atoms with Crippen molar-refractivity contribution in [2.75, 3.05) is 11.9 Å². The number of carbonyl (C=O) groups is 2. The number of unbranched alkanes of at least 4 members (excludes halogenated alkanes) is 1. The zero-order valence-corrected chi connectivity index (χ0v) is 19.9. The minimum absolute atomic E-state index is 0.179. The van der Waals surface area contributed by atoms with Gasteiger partial charge in [-0.3, -0.25) is 9.59 Å². The van der Waals surface area contributed by atoms with E-state index in [0.717, 1.165) is 24.3 Å². The highest BCUT2D eigenvalue weighted by atomic mass is 32.1. The highest BCUT2D eigenvalue weighted by Gasteiger charge is 2.16. The van der Waals surface area contributed by atoms with E-state index in [1.54, 1.807) is 48.5 Å². The van der Waals surface area contributed by atoms with Crippen molar-refractivity contribution >= 4 is 33.9 Å². The smallest absolute Gasteiger partial charge is 0.340 e. The molecule has 0 bridgehead atoms. The molecule has 0 atom stereocenters. The molecule has 0 radical (unpaired) electrons. The zero-order valence-electron chi connectivity index (χ0n) is 19.1. The molecule has 180 valence electrons. The van der Waals surface area contributed by atoms with Crippen LogP contribution < -0.4 is 15.6 Å². The van der Waals surface area contributed by atoms with Crippen LogP contribution in [0.3, 0.4) is 0 Å². The number of fused-ring (bicyclic) bond motifs is 1. The van der Waals surface area contributed by atoms with E-state index in [9.17, 15) is 14.4 Å². The van der Waals surface area contributed by atoms with Gasteiger partial charge in [0.05, 0.1) is 16.9 Å². The second-order valence-corrected chi connectivity index (χ2v) is 8.69. The van der Waals surface area contributed by atoms with E-state index in [0.29, 0.717) is 22.1 Å². The van der Waals surface area contributed by atoms with Crippen LogP contribution in [0.15, 0.2) is 65.5 Å². The number of para-hydroxylation sites is 2. The summed E-state index contributed by atoms with van der Waals surface area (Å²) in [5, 5.41) is 7.82. The largest absolute Gasteiger partial charge is 0.484 e. The number of anilines is 1. The molecule has 1 amide bonds. The Labute approximate surface area is 205 Å². The summed E-state index contributed by atoms with van der Waals surface area (Å²) in [7, 11) is 0. The number of ether oxygens (including phenoxy) is 2. The third-order valence-electron chi connectivity index (χ3n) is 4.97. The number of rotatable bonds is 10. The van der Waals surface area contributed by atoms with Gasteiger partial charge in [-0.2, -0.15) is 9.61 Å². The van der Waals surface area contributed by atoms with Gasteiger partial charge in [0.2, 0.25) is 4.96 Å². The van der Waals surface area contributed by atoms with Crippen LogP contribution in [-0.2, 0) is 22.6 Å². The quantitative estimate of drug-likeness (QED) is 0.335. The molecule has 10 heteroatoms. The van der Waals surface area contributed by atoms with Gasteiger partial charge in [0.1, 0.15) is 17.4 Å². The molecule has 0 aliphatic carbocycles. The van der Waals surface area contributed by atoms with Crippen molar-refractivity contribution in [2.24, 2.45) is 0 Å². The van der Waals surface area contributed by atoms with E-state index in [4.69, 9.17) is 9.47 Å². The van der Waals surface area contributed by atoms with Gasteiger partial charge >= 0.3 is 5.97 Å². The molecule has 4 aromatic rings. The number of carbonyl (C=O) groups excluding carboxylic acids is 2. The molecule has 0 aliphatic rings. The molecule has 0 spiro atoms. The van der Waals surface area contributed by atoms with E-state index in [1.807, 2.05) is 6.07 Å². The number of nitrogens with zero attached hydrogens (tertiary/aromatic N) is 3. The summed E-state index contributed by atoms with van der Waals surface area (Å²) < 4.78 is 12.1. The lowest BCUT2D eigenvalue weighted by atomic mass is 10.2. The molecular formula is C25H24N4O5S. The Morgan fingerprint density at radius 1 is 1.09 bits per heavy atom. The van der Waals surface area contributed by atoms with E-state index in [-0.39, 0.29) is 24.3 Å². The summed E-state index contributed by atoms with van der Waals surface area (Å²) in [6, 6.07) is 16.8. The topological polar surface area (TPSA) is 112 Å². The van der Waals surface area contributed by atoms with Crippen LogP contribution in [0.2, 0.25) is 0 Å². The maximum atomic E-state index is 12.7. The highest BCUT2D eigenvalue weighted by molar-refractivity contribution is 7.16. The van der Waals surface area contributed by atoms with Crippen molar-refractivity contribution < 1.29 is 19.1 Å². The van der Waals surface area contributed by atoms with Crippen molar-refractivity contribution in [2.45, 2.75) is 32.8 Å². The molecule has 0 fully saturated rings. The normalized spacial score (nSPS) is 10.8. The van der Waals surface area contributed by atoms with Crippen LogP contribution in [0.4, 0.5) is 5.69 Å². The van der Waals surface area contributed by atoms with Gasteiger partial charge in [0, 0.05) is 12.5 Å². The van der Waals surface area contributed by atoms with Gasteiger partial charge in [0.15, 0.2) is 6.61 Å². The number of amides is 1. The first-order valence-corrected chi connectivity index (χ1v) is 12.0. The lowest BCUT2D eigenvalue weighted by Gasteiger charge is -2.11. The van der Waals surface area contributed by atoms with E-state index in [2.05, 4.69) is 22.3 Å². The van der Waals surface area contributed by atoms with E-state index in [1.165, 1.54) is 21.9 Å². The first-order chi connectivity index (χ1) is 17.0. The second-order valence-electron chi connectivity index (χ2n) is 7.65. The standard InChI is InChI=1S/C25H24N4O5S/c1-2-3-13-22-28-29-23(31)14-17(26-25(29)35-22)15-34-24(32)19-11-7-8-12-20(19)27-21(30)16-33-18-9-5-4-6-10-18/h4-12,14H,2-3,13,15-16H2,1H3,(H,27,30). The van der Waals surface area contributed by atoms with Gasteiger partial charge in [-0.15, -0.1) is 0 Å². The molecule has 2 aromatic carbocycles. The number of aryl methyl sites for hydroxylation is 1. The van der Waals surface area contributed by atoms with Crippen LogP contribution in [0.5, 0.6) is 5.75 Å². The van der Waals surface area contributed by atoms with Crippen molar-refractivity contribution in [3.8, 4) is 5.75 Å². The molecular weight excluding hydrogens is 468 g/mol. The summed E-state index contributed by atoms with van der Waals surface area (Å²) in [5.41, 5.74) is 0.474. The van der Waals surface area contributed by atoms with Crippen LogP contribution in [-0.4, -0.2) is 33.1 Å². The third kappa shape index (κ3) is 6.30. The fourth-order valence-corrected chi connectivity index (χ4v) is 4.20. The predicted molar refractivity (Wildman–Crippen MR) is 132 cm³/mol. The second kappa shape index (κ2) is 11.4. The predicted octanol–water partition coefficient (Wildman–Crippen LogP) is 3.87. The van der Waals surface area contributed by atoms with Crippen molar-refractivity contribution in [3.63, 3.8) is 0 Å². The van der Waals surface area contributed by atoms with Crippen molar-refractivity contribution in [3.05, 3.63) is 87.3 Å². The average Bonchev–Trinajstić information content (AvgIpc) is 3.29. The first kappa shape index (κ1) is 24.1. The maximum absolute atomic E-state index is 12.7. The summed E-state index contributed by atoms with van der Waals surface area (Å²) in [5.74, 6) is -0.507. The van der Waals surface area contributed by atoms with Crippen LogP contribution in [0.1, 0.15) is 40.8 Å². The van der Waals surface area contributed by atoms with Crippen molar-refractivity contribution in [1.82, 2.24) is 14.6 Å². The number of benzene rings is 2. The Morgan fingerprint density at radius 2 is 1.86 bits per heavy atom. The molecule has 0 unspecified atom stereocenters. The Hall–Kier alpha value is -4.05. The number of aromatic nitrogens is 3. The zero-order chi connectivity index (χ0) is 24.6. The fourth-order valence-electron chi connectivity index (χ4n) is 3.24. The molecule has 0 saturated carbocycles. The fraction of sp³-hybridized carbons (Fsp3) is 0.240. The molecule has 4 rings (SSSR count). The van der Waals surface area contributed by atoms with Crippen LogP contribution in [0.25, 0.3) is 4.96 Å². The minimum Gasteiger partial charge on any atom is -0.484 e. The maximum Gasteiger partial charge on any atom is 0.340 e. The van der Waals surface area contributed by atoms with Crippen LogP contribution >= 0.6 is 11.3 Å². The molecule has 9 nitrogen and oxygen atoms in total. The third-order valence-corrected chi connectivity index (χ3v) is 5.94. The lowest BCUT2D eigenvalue weighted by Crippen LogP contribution is -2.22. The van der Waals surface area contributed by atoms with E-state index >= 15 is 0 Å². The summed E-state index contributed by atoms with van der Waals surface area (Å²) >= 11 is 1.35. The Balaban J connectivity index is 1.40. The highest BCUT2D eigenvalue weighted by Crippen LogP contribution is 2.18. The van der Waals surface area contributed by atoms with Crippen molar-refractivity contribution in [1.29, 1.82) is 0 Å². The van der Waals surface area contributed by atoms with Gasteiger partial charge < -0.3 is 14.8 Å². The molecule has 2 aromatic heterocycles. The van der Waals surface area contributed by atoms with Gasteiger partial charge in [0.25, 0.3) is 11.5 Å². The number of nitrogens with one attached hydrogen (secondary N) is 1. The van der Waals surface area contributed by atoms with Crippen LogP contribution in [0, 0.1) is 0 Å². The van der Waals surface area contributed by atoms with Gasteiger partial charge in [-0.25, -0.2) is 9.78 Å². The monoisotopic (exact) mass is 492 g/mol. The van der Waals surface area contributed by atoms with Gasteiger partial charge in [-0.05, 0) is 30.7 Å². The minimum atomic E-state index is -0.653. The molecule has 35 heavy (non-hydrogen) atoms. The average molecular weight is 493 g/mol.